The molecule has 0 radical (unpaired) electrons. The van der Waals surface area contributed by atoms with Gasteiger partial charge in [0, 0.05) is 19.2 Å². The highest BCUT2D eigenvalue weighted by molar-refractivity contribution is 7.99. The Hall–Kier alpha value is -2.09. The number of aliphatic carboxylic acids is 1. The molecule has 1 aliphatic heterocycles. The van der Waals surface area contributed by atoms with E-state index in [0.717, 1.165) is 17.3 Å². The molecule has 7 nitrogen and oxygen atoms in total. The number of thioether (sulfide) groups is 1. The molecule has 3 heterocycles. The Bertz CT molecular complexity index is 684. The van der Waals surface area contributed by atoms with Crippen LogP contribution < -0.4 is 5.32 Å². The van der Waals surface area contributed by atoms with Gasteiger partial charge in [0.2, 0.25) is 5.91 Å². The summed E-state index contributed by atoms with van der Waals surface area (Å²) in [6, 6.07) is 1.79. The van der Waals surface area contributed by atoms with Gasteiger partial charge in [0.15, 0.2) is 5.16 Å². The van der Waals surface area contributed by atoms with Crippen molar-refractivity contribution >= 4 is 34.7 Å². The molecule has 3 rings (SSSR count). The molecule has 2 aromatic heterocycles. The lowest BCUT2D eigenvalue weighted by Gasteiger charge is -2.13. The van der Waals surface area contributed by atoms with Crippen molar-refractivity contribution in [3.63, 3.8) is 0 Å². The molecule has 0 saturated carbocycles. The average Bonchev–Trinajstić information content (AvgIpc) is 2.99. The number of carboxylic acid groups (broad SMARTS) is 1. The van der Waals surface area contributed by atoms with Crippen LogP contribution in [0.2, 0.25) is 0 Å². The molecule has 1 saturated heterocycles. The summed E-state index contributed by atoms with van der Waals surface area (Å²) in [6.45, 7) is 0.535. The Morgan fingerprint density at radius 1 is 1.60 bits per heavy atom. The van der Waals surface area contributed by atoms with E-state index in [9.17, 15) is 9.59 Å². The number of hydrogen-bond acceptors (Lipinski definition) is 5. The number of carbonyl (C=O) groups is 2. The van der Waals surface area contributed by atoms with E-state index in [1.807, 2.05) is 10.6 Å². The fourth-order valence-electron chi connectivity index (χ4n) is 2.28. The van der Waals surface area contributed by atoms with E-state index in [4.69, 9.17) is 5.11 Å². The quantitative estimate of drug-likeness (QED) is 0.804. The lowest BCUT2D eigenvalue weighted by molar-refractivity contribution is -0.134. The van der Waals surface area contributed by atoms with E-state index in [1.54, 1.807) is 12.4 Å². The maximum atomic E-state index is 11.4. The van der Waals surface area contributed by atoms with Crippen LogP contribution >= 0.6 is 11.8 Å². The first kappa shape index (κ1) is 12.9. The van der Waals surface area contributed by atoms with Gasteiger partial charge in [0.1, 0.15) is 5.52 Å². The fraction of sp³-hybridized carbons (Fsp3) is 0.333. The van der Waals surface area contributed by atoms with E-state index in [0.29, 0.717) is 23.6 Å². The van der Waals surface area contributed by atoms with Crippen molar-refractivity contribution in [2.45, 2.75) is 17.6 Å². The van der Waals surface area contributed by atoms with E-state index in [2.05, 4.69) is 15.3 Å². The first-order valence-electron chi connectivity index (χ1n) is 6.08. The van der Waals surface area contributed by atoms with Crippen LogP contribution in [0.1, 0.15) is 12.5 Å². The molecule has 0 bridgehead atoms. The summed E-state index contributed by atoms with van der Waals surface area (Å²) in [5.74, 6) is -0.961. The Morgan fingerprint density at radius 2 is 2.45 bits per heavy atom. The van der Waals surface area contributed by atoms with Crippen molar-refractivity contribution in [2.75, 3.05) is 12.3 Å². The molecule has 0 aliphatic carbocycles. The smallest absolute Gasteiger partial charge is 0.313 e. The number of aromatic nitrogens is 3. The number of hydrogen-bond donors (Lipinski definition) is 2. The molecule has 1 amide bonds. The van der Waals surface area contributed by atoms with Crippen molar-refractivity contribution in [1.82, 2.24) is 19.9 Å². The molecule has 1 unspecified atom stereocenters. The van der Waals surface area contributed by atoms with Gasteiger partial charge >= 0.3 is 5.97 Å². The topological polar surface area (TPSA) is 97.1 Å². The second-order valence-corrected chi connectivity index (χ2v) is 5.42. The van der Waals surface area contributed by atoms with Crippen molar-refractivity contribution in [2.24, 2.45) is 0 Å². The highest BCUT2D eigenvalue weighted by Gasteiger charge is 2.27. The Kier molecular flexibility index (Phi) is 3.31. The van der Waals surface area contributed by atoms with Gasteiger partial charge in [-0.1, -0.05) is 11.8 Å². The van der Waals surface area contributed by atoms with Gasteiger partial charge in [-0.3, -0.25) is 14.6 Å². The first-order chi connectivity index (χ1) is 9.65. The number of rotatable bonds is 4. The van der Waals surface area contributed by atoms with Gasteiger partial charge in [-0.15, -0.1) is 0 Å². The van der Waals surface area contributed by atoms with Crippen LogP contribution in [-0.4, -0.2) is 43.8 Å². The number of carboxylic acids is 1. The van der Waals surface area contributed by atoms with Crippen LogP contribution in [0.15, 0.2) is 23.6 Å². The Labute approximate surface area is 118 Å². The van der Waals surface area contributed by atoms with E-state index in [1.165, 1.54) is 0 Å². The van der Waals surface area contributed by atoms with Crippen molar-refractivity contribution < 1.29 is 14.7 Å². The maximum absolute atomic E-state index is 11.4. The van der Waals surface area contributed by atoms with Crippen LogP contribution in [0, 0.1) is 0 Å². The zero-order valence-electron chi connectivity index (χ0n) is 10.4. The second kappa shape index (κ2) is 5.12. The van der Waals surface area contributed by atoms with Gasteiger partial charge in [-0.2, -0.15) is 0 Å². The highest BCUT2D eigenvalue weighted by Crippen LogP contribution is 2.30. The van der Waals surface area contributed by atoms with Crippen LogP contribution in [-0.2, 0) is 9.59 Å². The summed E-state index contributed by atoms with van der Waals surface area (Å²) < 4.78 is 1.93. The van der Waals surface area contributed by atoms with E-state index < -0.39 is 5.97 Å². The van der Waals surface area contributed by atoms with Crippen LogP contribution in [0.3, 0.4) is 0 Å². The normalized spacial score (nSPS) is 18.4. The van der Waals surface area contributed by atoms with Gasteiger partial charge < -0.3 is 15.0 Å². The van der Waals surface area contributed by atoms with Crippen molar-refractivity contribution in [1.29, 1.82) is 0 Å². The van der Waals surface area contributed by atoms with Gasteiger partial charge in [-0.05, 0) is 6.07 Å². The molecule has 2 aromatic rings. The van der Waals surface area contributed by atoms with Crippen LogP contribution in [0.4, 0.5) is 0 Å². The number of imidazole rings is 1. The van der Waals surface area contributed by atoms with Crippen molar-refractivity contribution in [3.8, 4) is 0 Å². The summed E-state index contributed by atoms with van der Waals surface area (Å²) >= 11 is 1.15. The monoisotopic (exact) mass is 292 g/mol. The minimum absolute atomic E-state index is 0.0000840. The summed E-state index contributed by atoms with van der Waals surface area (Å²) in [6.07, 6.45) is 3.69. The number of nitrogens with one attached hydrogen (secondary N) is 1. The van der Waals surface area contributed by atoms with Crippen molar-refractivity contribution in [3.05, 3.63) is 18.5 Å². The van der Waals surface area contributed by atoms with Gasteiger partial charge in [-0.25, -0.2) is 4.98 Å². The summed E-state index contributed by atoms with van der Waals surface area (Å²) in [4.78, 5) is 30.6. The number of nitrogens with zero attached hydrogens (tertiary/aromatic N) is 3. The lowest BCUT2D eigenvalue weighted by Crippen LogP contribution is -2.16. The zero-order chi connectivity index (χ0) is 14.1. The molecule has 1 fully saturated rings. The molecule has 0 aromatic carbocycles. The molecule has 104 valence electrons. The third-order valence-corrected chi connectivity index (χ3v) is 4.04. The summed E-state index contributed by atoms with van der Waals surface area (Å²) in [7, 11) is 0. The second-order valence-electron chi connectivity index (χ2n) is 4.47. The predicted molar refractivity (Wildman–Crippen MR) is 72.6 cm³/mol. The molecular weight excluding hydrogens is 280 g/mol. The third-order valence-electron chi connectivity index (χ3n) is 3.11. The molecule has 2 N–H and O–H groups in total. The largest absolute Gasteiger partial charge is 0.481 e. The molecule has 0 spiro atoms. The molecule has 1 atom stereocenters. The van der Waals surface area contributed by atoms with Crippen LogP contribution in [0.25, 0.3) is 11.0 Å². The predicted octanol–water partition coefficient (Wildman–Crippen LogP) is 0.669. The molecular formula is C12H12N4O3S. The fourth-order valence-corrected chi connectivity index (χ4v) is 3.08. The van der Waals surface area contributed by atoms with Gasteiger partial charge in [0.25, 0.3) is 0 Å². The van der Waals surface area contributed by atoms with E-state index >= 15 is 0 Å². The Morgan fingerprint density at radius 3 is 3.15 bits per heavy atom. The SMILES string of the molecule is O=C(O)CSc1nc2cnccc2n1C1CNC(=O)C1. The number of amides is 1. The van der Waals surface area contributed by atoms with Crippen LogP contribution in [0.5, 0.6) is 0 Å². The van der Waals surface area contributed by atoms with Gasteiger partial charge in [0.05, 0.1) is 23.5 Å². The maximum Gasteiger partial charge on any atom is 0.313 e. The first-order valence-corrected chi connectivity index (χ1v) is 7.07. The summed E-state index contributed by atoms with van der Waals surface area (Å²) in [5, 5.41) is 12.2. The Balaban J connectivity index is 2.03. The third kappa shape index (κ3) is 2.34. The van der Waals surface area contributed by atoms with E-state index in [-0.39, 0.29) is 17.7 Å². The highest BCUT2D eigenvalue weighted by atomic mass is 32.2. The minimum atomic E-state index is -0.896. The molecule has 20 heavy (non-hydrogen) atoms. The number of fused-ring (bicyclic) bond motifs is 1. The molecule has 1 aliphatic rings. The number of carbonyl (C=O) groups excluding carboxylic acids is 1. The lowest BCUT2D eigenvalue weighted by atomic mass is 10.2. The minimum Gasteiger partial charge on any atom is -0.481 e. The standard InChI is InChI=1S/C12H12N4O3S/c17-10-3-7(4-14-10)16-9-1-2-13-5-8(9)15-12(16)20-6-11(18)19/h1-2,5,7H,3-4,6H2,(H,14,17)(H,18,19). The molecule has 8 heteroatoms. The number of pyridine rings is 1. The summed E-state index contributed by atoms with van der Waals surface area (Å²) in [5.41, 5.74) is 1.58. The average molecular weight is 292 g/mol. The zero-order valence-corrected chi connectivity index (χ0v) is 11.3.